The second-order valence-corrected chi connectivity index (χ2v) is 6.05. The SMILES string of the molecule is COc1cccc(C(CBr)OC2CC(C)OC(C)C2)c1. The Bertz CT molecular complexity index is 414. The van der Waals surface area contributed by atoms with E-state index in [1.54, 1.807) is 7.11 Å². The Morgan fingerprint density at radius 3 is 2.60 bits per heavy atom. The molecule has 3 nitrogen and oxygen atoms in total. The van der Waals surface area contributed by atoms with Gasteiger partial charge in [0.2, 0.25) is 0 Å². The molecule has 0 spiro atoms. The minimum Gasteiger partial charge on any atom is -0.497 e. The summed E-state index contributed by atoms with van der Waals surface area (Å²) in [5.74, 6) is 0.866. The number of ether oxygens (including phenoxy) is 3. The number of halogens is 1. The molecule has 0 aromatic heterocycles. The van der Waals surface area contributed by atoms with Crippen molar-refractivity contribution in [3.8, 4) is 5.75 Å². The molecule has 0 bridgehead atoms. The van der Waals surface area contributed by atoms with Crippen LogP contribution in [0.4, 0.5) is 0 Å². The van der Waals surface area contributed by atoms with E-state index in [4.69, 9.17) is 14.2 Å². The van der Waals surface area contributed by atoms with Gasteiger partial charge in [-0.15, -0.1) is 0 Å². The second-order valence-electron chi connectivity index (χ2n) is 5.41. The van der Waals surface area contributed by atoms with E-state index in [2.05, 4.69) is 35.8 Å². The Morgan fingerprint density at radius 1 is 1.30 bits per heavy atom. The van der Waals surface area contributed by atoms with Crippen molar-refractivity contribution in [3.63, 3.8) is 0 Å². The number of hydrogen-bond donors (Lipinski definition) is 0. The van der Waals surface area contributed by atoms with Gasteiger partial charge in [0.05, 0.1) is 31.5 Å². The van der Waals surface area contributed by atoms with Crippen LogP contribution in [0.15, 0.2) is 24.3 Å². The molecule has 1 aromatic carbocycles. The van der Waals surface area contributed by atoms with Crippen molar-refractivity contribution in [2.24, 2.45) is 0 Å². The molecule has 3 unspecified atom stereocenters. The van der Waals surface area contributed by atoms with Gasteiger partial charge in [-0.1, -0.05) is 28.1 Å². The Hall–Kier alpha value is -0.580. The third-order valence-corrected chi connectivity index (χ3v) is 4.20. The van der Waals surface area contributed by atoms with Crippen LogP contribution >= 0.6 is 15.9 Å². The van der Waals surface area contributed by atoms with Gasteiger partial charge < -0.3 is 14.2 Å². The van der Waals surface area contributed by atoms with E-state index >= 15 is 0 Å². The Balaban J connectivity index is 2.04. The highest BCUT2D eigenvalue weighted by Crippen LogP contribution is 2.30. The number of benzene rings is 1. The minimum absolute atomic E-state index is 0.0487. The molecule has 0 aliphatic carbocycles. The molecule has 1 aliphatic rings. The van der Waals surface area contributed by atoms with Gasteiger partial charge >= 0.3 is 0 Å². The van der Waals surface area contributed by atoms with Crippen LogP contribution in [0.2, 0.25) is 0 Å². The van der Waals surface area contributed by atoms with Crippen LogP contribution in [0.5, 0.6) is 5.75 Å². The van der Waals surface area contributed by atoms with E-state index in [1.807, 2.05) is 18.2 Å². The Kier molecular flexibility index (Phi) is 5.87. The summed E-state index contributed by atoms with van der Waals surface area (Å²) in [6, 6.07) is 8.08. The first-order valence-corrected chi connectivity index (χ1v) is 8.25. The standard InChI is InChI=1S/C16H23BrO3/c1-11-7-15(8-12(2)19-11)20-16(10-17)13-5-4-6-14(9-13)18-3/h4-6,9,11-12,15-16H,7-8,10H2,1-3H3. The average molecular weight is 343 g/mol. The van der Waals surface area contributed by atoms with E-state index in [9.17, 15) is 0 Å². The summed E-state index contributed by atoms with van der Waals surface area (Å²) < 4.78 is 17.3. The first-order chi connectivity index (χ1) is 9.62. The summed E-state index contributed by atoms with van der Waals surface area (Å²) in [5, 5.41) is 0.778. The van der Waals surface area contributed by atoms with Crippen molar-refractivity contribution < 1.29 is 14.2 Å². The van der Waals surface area contributed by atoms with Gasteiger partial charge in [0.1, 0.15) is 5.75 Å². The summed E-state index contributed by atoms with van der Waals surface area (Å²) in [6.45, 7) is 4.22. The molecule has 2 rings (SSSR count). The zero-order valence-electron chi connectivity index (χ0n) is 12.3. The van der Waals surface area contributed by atoms with Crippen LogP contribution in [-0.4, -0.2) is 30.8 Å². The lowest BCUT2D eigenvalue weighted by Gasteiger charge is -2.34. The van der Waals surface area contributed by atoms with Crippen molar-refractivity contribution in [1.29, 1.82) is 0 Å². The van der Waals surface area contributed by atoms with E-state index in [-0.39, 0.29) is 24.4 Å². The maximum absolute atomic E-state index is 6.28. The lowest BCUT2D eigenvalue weighted by atomic mass is 10.0. The number of alkyl halides is 1. The molecule has 112 valence electrons. The molecule has 1 fully saturated rings. The molecular formula is C16H23BrO3. The van der Waals surface area contributed by atoms with Gasteiger partial charge in [-0.2, -0.15) is 0 Å². The first-order valence-electron chi connectivity index (χ1n) is 7.13. The summed E-state index contributed by atoms with van der Waals surface area (Å²) >= 11 is 3.56. The van der Waals surface area contributed by atoms with E-state index in [1.165, 1.54) is 0 Å². The average Bonchev–Trinajstić information content (AvgIpc) is 2.44. The normalized spacial score (nSPS) is 28.1. The molecule has 0 saturated carbocycles. The summed E-state index contributed by atoms with van der Waals surface area (Å²) in [4.78, 5) is 0. The first kappa shape index (κ1) is 15.8. The van der Waals surface area contributed by atoms with Crippen molar-refractivity contribution in [3.05, 3.63) is 29.8 Å². The number of rotatable bonds is 5. The predicted octanol–water partition coefficient (Wildman–Crippen LogP) is 4.10. The quantitative estimate of drug-likeness (QED) is 0.754. The smallest absolute Gasteiger partial charge is 0.119 e. The van der Waals surface area contributed by atoms with Crippen LogP contribution in [0.3, 0.4) is 0 Å². The zero-order chi connectivity index (χ0) is 14.5. The minimum atomic E-state index is 0.0487. The van der Waals surface area contributed by atoms with E-state index < -0.39 is 0 Å². The van der Waals surface area contributed by atoms with Gasteiger partial charge in [0.25, 0.3) is 0 Å². The molecule has 3 atom stereocenters. The predicted molar refractivity (Wildman–Crippen MR) is 83.6 cm³/mol. The highest BCUT2D eigenvalue weighted by atomic mass is 79.9. The lowest BCUT2D eigenvalue weighted by Crippen LogP contribution is -2.35. The van der Waals surface area contributed by atoms with Crippen molar-refractivity contribution in [2.45, 2.75) is 51.1 Å². The molecule has 0 amide bonds. The third-order valence-electron chi connectivity index (χ3n) is 3.62. The number of hydrogen-bond acceptors (Lipinski definition) is 3. The maximum atomic E-state index is 6.28. The van der Waals surface area contributed by atoms with E-state index in [0.29, 0.717) is 0 Å². The van der Waals surface area contributed by atoms with Gasteiger partial charge in [0.15, 0.2) is 0 Å². The molecule has 4 heteroatoms. The van der Waals surface area contributed by atoms with Crippen molar-refractivity contribution in [1.82, 2.24) is 0 Å². The van der Waals surface area contributed by atoms with Crippen LogP contribution in [0, 0.1) is 0 Å². The van der Waals surface area contributed by atoms with Gasteiger partial charge in [-0.05, 0) is 44.4 Å². The fraction of sp³-hybridized carbons (Fsp3) is 0.625. The molecule has 1 saturated heterocycles. The van der Waals surface area contributed by atoms with Crippen LogP contribution in [0.25, 0.3) is 0 Å². The summed E-state index contributed by atoms with van der Waals surface area (Å²) in [7, 11) is 1.69. The second kappa shape index (κ2) is 7.43. The maximum Gasteiger partial charge on any atom is 0.119 e. The van der Waals surface area contributed by atoms with Gasteiger partial charge in [-0.25, -0.2) is 0 Å². The van der Waals surface area contributed by atoms with Crippen LogP contribution in [0.1, 0.15) is 38.4 Å². The summed E-state index contributed by atoms with van der Waals surface area (Å²) in [6.07, 6.45) is 2.75. The lowest BCUT2D eigenvalue weighted by molar-refractivity contribution is -0.118. The molecule has 20 heavy (non-hydrogen) atoms. The Morgan fingerprint density at radius 2 is 2.00 bits per heavy atom. The fourth-order valence-electron chi connectivity index (χ4n) is 2.73. The fourth-order valence-corrected chi connectivity index (χ4v) is 3.26. The molecular weight excluding hydrogens is 320 g/mol. The largest absolute Gasteiger partial charge is 0.497 e. The molecule has 1 aromatic rings. The molecule has 1 aliphatic heterocycles. The molecule has 1 heterocycles. The number of methoxy groups -OCH3 is 1. The topological polar surface area (TPSA) is 27.7 Å². The van der Waals surface area contributed by atoms with E-state index in [0.717, 1.165) is 29.5 Å². The van der Waals surface area contributed by atoms with Crippen LogP contribution < -0.4 is 4.74 Å². The molecule has 0 radical (unpaired) electrons. The van der Waals surface area contributed by atoms with Crippen molar-refractivity contribution in [2.75, 3.05) is 12.4 Å². The highest BCUT2D eigenvalue weighted by Gasteiger charge is 2.27. The van der Waals surface area contributed by atoms with Crippen molar-refractivity contribution >= 4 is 15.9 Å². The van der Waals surface area contributed by atoms with Gasteiger partial charge in [0, 0.05) is 5.33 Å². The zero-order valence-corrected chi connectivity index (χ0v) is 13.9. The molecule has 0 N–H and O–H groups in total. The third kappa shape index (κ3) is 4.21. The Labute approximate surface area is 129 Å². The monoisotopic (exact) mass is 342 g/mol. The van der Waals surface area contributed by atoms with Crippen LogP contribution in [-0.2, 0) is 9.47 Å². The van der Waals surface area contributed by atoms with Gasteiger partial charge in [-0.3, -0.25) is 0 Å². The summed E-state index contributed by atoms with van der Waals surface area (Å²) in [5.41, 5.74) is 1.15. The highest BCUT2D eigenvalue weighted by molar-refractivity contribution is 9.09.